The molecule has 142 valence electrons. The van der Waals surface area contributed by atoms with Crippen molar-refractivity contribution in [3.63, 3.8) is 0 Å². The zero-order valence-electron chi connectivity index (χ0n) is 15.7. The topological polar surface area (TPSA) is 40.5 Å². The summed E-state index contributed by atoms with van der Waals surface area (Å²) in [6, 6.07) is 10.1. The van der Waals surface area contributed by atoms with Crippen LogP contribution in [0.4, 0.5) is 0 Å². The van der Waals surface area contributed by atoms with Gasteiger partial charge in [0.1, 0.15) is 0 Å². The summed E-state index contributed by atoms with van der Waals surface area (Å²) in [6.45, 7) is 1.48. The van der Waals surface area contributed by atoms with Crippen LogP contribution in [-0.2, 0) is 18.4 Å². The zero-order chi connectivity index (χ0) is 18.4. The van der Waals surface area contributed by atoms with E-state index in [4.69, 9.17) is 0 Å². The van der Waals surface area contributed by atoms with Crippen LogP contribution in [0.15, 0.2) is 35.7 Å². The van der Waals surface area contributed by atoms with Crippen molar-refractivity contribution < 1.29 is 9.90 Å². The largest absolute Gasteiger partial charge is 0.385 e. The van der Waals surface area contributed by atoms with Gasteiger partial charge in [-0.2, -0.15) is 0 Å². The van der Waals surface area contributed by atoms with E-state index >= 15 is 0 Å². The molecule has 2 heterocycles. The molecule has 1 N–H and O–H groups in total. The highest BCUT2D eigenvalue weighted by atomic mass is 32.1. The molecule has 0 radical (unpaired) electrons. The average molecular weight is 382 g/mol. The second-order valence-electron chi connectivity index (χ2n) is 8.53. The summed E-state index contributed by atoms with van der Waals surface area (Å²) in [4.78, 5) is 16.3. The maximum absolute atomic E-state index is 13.3. The van der Waals surface area contributed by atoms with E-state index < -0.39 is 5.60 Å². The van der Waals surface area contributed by atoms with E-state index in [0.717, 1.165) is 49.1 Å². The minimum atomic E-state index is -0.798. The third-order valence-electron chi connectivity index (χ3n) is 7.05. The van der Waals surface area contributed by atoms with Crippen molar-refractivity contribution >= 4 is 17.2 Å². The molecule has 3 atom stereocenters. The fraction of sp³-hybridized carbons (Fsp3) is 0.522. The standard InChI is InChI=1S/C23H27NO2S/c25-22(21-19-11-5-4-7-17(19)15-27-21)24-13-16-8-6-12-23(26,20(16)14-24)18-9-2-1-3-10-18/h1-3,9-10,15-16,20,26H,4-8,11-14H2/t16-,20+,23+/m1/s1. The monoisotopic (exact) mass is 381 g/mol. The lowest BCUT2D eigenvalue weighted by molar-refractivity contribution is -0.0644. The number of amides is 1. The zero-order valence-corrected chi connectivity index (χ0v) is 16.5. The molecule has 3 aliphatic rings. The average Bonchev–Trinajstić information content (AvgIpc) is 3.33. The van der Waals surface area contributed by atoms with Crippen LogP contribution >= 0.6 is 11.3 Å². The molecule has 1 aliphatic heterocycles. The highest BCUT2D eigenvalue weighted by molar-refractivity contribution is 7.12. The Kier molecular flexibility index (Phi) is 4.36. The van der Waals surface area contributed by atoms with Crippen molar-refractivity contribution in [2.75, 3.05) is 13.1 Å². The number of carbonyl (C=O) groups excluding carboxylic acids is 1. The van der Waals surface area contributed by atoms with Crippen LogP contribution in [0.2, 0.25) is 0 Å². The molecule has 1 amide bonds. The van der Waals surface area contributed by atoms with Gasteiger partial charge in [0.15, 0.2) is 0 Å². The van der Waals surface area contributed by atoms with Crippen molar-refractivity contribution in [2.24, 2.45) is 11.8 Å². The van der Waals surface area contributed by atoms with Crippen LogP contribution in [0, 0.1) is 11.8 Å². The van der Waals surface area contributed by atoms with Crippen molar-refractivity contribution in [2.45, 2.75) is 50.5 Å². The van der Waals surface area contributed by atoms with Gasteiger partial charge in [-0.15, -0.1) is 11.3 Å². The van der Waals surface area contributed by atoms with E-state index in [1.54, 1.807) is 11.3 Å². The summed E-state index contributed by atoms with van der Waals surface area (Å²) in [5, 5.41) is 13.8. The highest BCUT2D eigenvalue weighted by Gasteiger charge is 2.50. The van der Waals surface area contributed by atoms with E-state index in [-0.39, 0.29) is 11.8 Å². The van der Waals surface area contributed by atoms with Crippen molar-refractivity contribution in [3.8, 4) is 0 Å². The molecule has 3 nitrogen and oxygen atoms in total. The summed E-state index contributed by atoms with van der Waals surface area (Å²) < 4.78 is 0. The predicted octanol–water partition coefficient (Wildman–Crippen LogP) is 4.39. The highest BCUT2D eigenvalue weighted by Crippen LogP contribution is 2.48. The Bertz CT molecular complexity index is 845. The van der Waals surface area contributed by atoms with Crippen molar-refractivity contribution in [1.29, 1.82) is 0 Å². The molecule has 0 unspecified atom stereocenters. The van der Waals surface area contributed by atoms with Gasteiger partial charge in [0.25, 0.3) is 5.91 Å². The Morgan fingerprint density at radius 2 is 1.93 bits per heavy atom. The molecule has 2 aliphatic carbocycles. The van der Waals surface area contributed by atoms with Gasteiger partial charge in [0.05, 0.1) is 10.5 Å². The first kappa shape index (κ1) is 17.4. The Labute approximate surface area is 165 Å². The van der Waals surface area contributed by atoms with E-state index in [9.17, 15) is 9.90 Å². The SMILES string of the molecule is O=C(c1scc2c1CCCC2)N1C[C@H]2CCC[C@](O)(c3ccccc3)[C@H]2C1. The van der Waals surface area contributed by atoms with Gasteiger partial charge >= 0.3 is 0 Å². The smallest absolute Gasteiger partial charge is 0.264 e. The molecule has 0 spiro atoms. The third kappa shape index (κ3) is 2.85. The first-order valence-electron chi connectivity index (χ1n) is 10.3. The quantitative estimate of drug-likeness (QED) is 0.838. The van der Waals surface area contributed by atoms with Gasteiger partial charge in [-0.1, -0.05) is 30.3 Å². The Morgan fingerprint density at radius 3 is 2.78 bits per heavy atom. The van der Waals surface area contributed by atoms with Gasteiger partial charge in [0, 0.05) is 19.0 Å². The molecule has 1 aromatic heterocycles. The molecule has 1 saturated carbocycles. The number of carbonyl (C=O) groups is 1. The van der Waals surface area contributed by atoms with Crippen LogP contribution < -0.4 is 0 Å². The van der Waals surface area contributed by atoms with Crippen LogP contribution in [0.3, 0.4) is 0 Å². The number of aryl methyl sites for hydroxylation is 1. The predicted molar refractivity (Wildman–Crippen MR) is 108 cm³/mol. The lowest BCUT2D eigenvalue weighted by atomic mass is 9.67. The molecular formula is C23H27NO2S. The molecule has 5 rings (SSSR count). The second kappa shape index (κ2) is 6.75. The fourth-order valence-corrected chi connectivity index (χ4v) is 6.74. The summed E-state index contributed by atoms with van der Waals surface area (Å²) >= 11 is 1.64. The maximum Gasteiger partial charge on any atom is 0.264 e. The van der Waals surface area contributed by atoms with Gasteiger partial charge in [-0.3, -0.25) is 4.79 Å². The summed E-state index contributed by atoms with van der Waals surface area (Å²) in [5.74, 6) is 0.755. The molecule has 0 bridgehead atoms. The Morgan fingerprint density at radius 1 is 1.11 bits per heavy atom. The molecule has 27 heavy (non-hydrogen) atoms. The van der Waals surface area contributed by atoms with Crippen LogP contribution in [0.5, 0.6) is 0 Å². The minimum absolute atomic E-state index is 0.147. The number of aliphatic hydroxyl groups is 1. The lowest BCUT2D eigenvalue weighted by Crippen LogP contribution is -2.42. The van der Waals surface area contributed by atoms with Crippen LogP contribution in [0.25, 0.3) is 0 Å². The first-order chi connectivity index (χ1) is 13.2. The van der Waals surface area contributed by atoms with Gasteiger partial charge in [-0.25, -0.2) is 0 Å². The van der Waals surface area contributed by atoms with Gasteiger partial charge < -0.3 is 10.0 Å². The molecular weight excluding hydrogens is 354 g/mol. The number of thiophene rings is 1. The van der Waals surface area contributed by atoms with E-state index in [1.807, 2.05) is 35.2 Å². The van der Waals surface area contributed by atoms with Gasteiger partial charge in [-0.05, 0) is 72.9 Å². The second-order valence-corrected chi connectivity index (χ2v) is 9.41. The maximum atomic E-state index is 13.3. The number of nitrogens with zero attached hydrogens (tertiary/aromatic N) is 1. The first-order valence-corrected chi connectivity index (χ1v) is 11.2. The number of rotatable bonds is 2. The number of hydrogen-bond acceptors (Lipinski definition) is 3. The number of benzene rings is 1. The molecule has 2 aromatic rings. The Balaban J connectivity index is 1.41. The number of fused-ring (bicyclic) bond motifs is 2. The van der Waals surface area contributed by atoms with Crippen LogP contribution in [0.1, 0.15) is 58.5 Å². The normalized spacial score (nSPS) is 30.0. The fourth-order valence-electron chi connectivity index (χ4n) is 5.62. The number of hydrogen-bond donors (Lipinski definition) is 1. The lowest BCUT2D eigenvalue weighted by Gasteiger charge is -2.41. The van der Waals surface area contributed by atoms with Crippen LogP contribution in [-0.4, -0.2) is 29.0 Å². The van der Waals surface area contributed by atoms with E-state index in [0.29, 0.717) is 12.5 Å². The molecule has 4 heteroatoms. The van der Waals surface area contributed by atoms with Gasteiger partial charge in [0.2, 0.25) is 0 Å². The van der Waals surface area contributed by atoms with E-state index in [1.165, 1.54) is 24.0 Å². The summed E-state index contributed by atoms with van der Waals surface area (Å²) in [5.41, 5.74) is 2.92. The van der Waals surface area contributed by atoms with Crippen molar-refractivity contribution in [1.82, 2.24) is 4.90 Å². The van der Waals surface area contributed by atoms with E-state index in [2.05, 4.69) is 5.38 Å². The molecule has 1 aromatic carbocycles. The minimum Gasteiger partial charge on any atom is -0.385 e. The summed E-state index contributed by atoms with van der Waals surface area (Å²) in [6.07, 6.45) is 7.56. The third-order valence-corrected chi connectivity index (χ3v) is 8.11. The summed E-state index contributed by atoms with van der Waals surface area (Å²) in [7, 11) is 0. The number of likely N-dealkylation sites (tertiary alicyclic amines) is 1. The molecule has 2 fully saturated rings. The Hall–Kier alpha value is -1.65. The van der Waals surface area contributed by atoms with Crippen molar-refractivity contribution in [3.05, 3.63) is 57.3 Å². The molecule has 1 saturated heterocycles.